The summed E-state index contributed by atoms with van der Waals surface area (Å²) < 4.78 is 1.83. The van der Waals surface area contributed by atoms with Crippen molar-refractivity contribution >= 4 is 11.6 Å². The Hall–Kier alpha value is -0.580. The summed E-state index contributed by atoms with van der Waals surface area (Å²) in [5, 5.41) is 4.91. The first kappa shape index (κ1) is 12.5. The molecule has 1 aromatic heterocycles. The summed E-state index contributed by atoms with van der Waals surface area (Å²) in [5.74, 6) is 8.42. The molecule has 3 N–H and O–H groups in total. The number of nitrogens with two attached hydrogens (primary N) is 1. The number of fused-ring (bicyclic) bond motifs is 2. The maximum Gasteiger partial charge on any atom is 0.0834 e. The summed E-state index contributed by atoms with van der Waals surface area (Å²) in [6.07, 6.45) is 8.43. The van der Waals surface area contributed by atoms with E-state index in [1.165, 1.54) is 25.7 Å². The summed E-state index contributed by atoms with van der Waals surface area (Å²) in [4.78, 5) is 0. The second-order valence-corrected chi connectivity index (χ2v) is 6.30. The number of halogens is 1. The lowest BCUT2D eigenvalue weighted by Gasteiger charge is -2.26. The fourth-order valence-electron chi connectivity index (χ4n) is 4.04. The highest BCUT2D eigenvalue weighted by Gasteiger charge is 2.40. The third-order valence-electron chi connectivity index (χ3n) is 4.89. The van der Waals surface area contributed by atoms with Crippen LogP contribution in [0.1, 0.15) is 43.8 Å². The average Bonchev–Trinajstić information content (AvgIpc) is 3.04. The van der Waals surface area contributed by atoms with Crippen molar-refractivity contribution in [2.24, 2.45) is 30.6 Å². The number of rotatable bonds is 4. The van der Waals surface area contributed by atoms with Crippen molar-refractivity contribution in [3.05, 3.63) is 16.9 Å². The van der Waals surface area contributed by atoms with Crippen molar-refractivity contribution in [2.75, 3.05) is 0 Å². The van der Waals surface area contributed by atoms with E-state index in [4.69, 9.17) is 17.4 Å². The highest BCUT2D eigenvalue weighted by Crippen LogP contribution is 2.51. The molecule has 4 unspecified atom stereocenters. The normalized spacial score (nSPS) is 32.1. The van der Waals surface area contributed by atoms with Crippen molar-refractivity contribution < 1.29 is 0 Å². The Morgan fingerprint density at radius 3 is 2.89 bits per heavy atom. The van der Waals surface area contributed by atoms with Gasteiger partial charge in [-0.3, -0.25) is 16.0 Å². The quantitative estimate of drug-likeness (QED) is 0.651. The van der Waals surface area contributed by atoms with Crippen LogP contribution in [-0.4, -0.2) is 9.78 Å². The van der Waals surface area contributed by atoms with E-state index in [0.717, 1.165) is 29.9 Å². The monoisotopic (exact) mass is 268 g/mol. The standard InChI is InChI=1S/C13H21ClN4/c1-18-13(11(14)7-16-18)12(17-15)6-10-5-8-2-3-9(10)4-8/h7-10,12,17H,2-6,15H2,1H3. The van der Waals surface area contributed by atoms with Crippen LogP contribution < -0.4 is 11.3 Å². The molecule has 0 spiro atoms. The van der Waals surface area contributed by atoms with E-state index < -0.39 is 0 Å². The molecular formula is C13H21ClN4. The van der Waals surface area contributed by atoms with E-state index >= 15 is 0 Å². The lowest BCUT2D eigenvalue weighted by atomic mass is 9.83. The fraction of sp³-hybridized carbons (Fsp3) is 0.769. The third kappa shape index (κ3) is 2.06. The minimum Gasteiger partial charge on any atom is -0.271 e. The minimum atomic E-state index is 0.120. The number of hydrazine groups is 1. The zero-order valence-electron chi connectivity index (χ0n) is 10.8. The number of nitrogens with one attached hydrogen (secondary N) is 1. The Balaban J connectivity index is 1.74. The van der Waals surface area contributed by atoms with Crippen molar-refractivity contribution in [3.63, 3.8) is 0 Å². The van der Waals surface area contributed by atoms with Crippen molar-refractivity contribution in [2.45, 2.75) is 38.1 Å². The lowest BCUT2D eigenvalue weighted by Crippen LogP contribution is -2.32. The van der Waals surface area contributed by atoms with Gasteiger partial charge >= 0.3 is 0 Å². The molecule has 0 radical (unpaired) electrons. The maximum atomic E-state index is 6.20. The molecule has 100 valence electrons. The van der Waals surface area contributed by atoms with Gasteiger partial charge in [0.15, 0.2) is 0 Å². The summed E-state index contributed by atoms with van der Waals surface area (Å²) in [5.41, 5.74) is 3.94. The molecule has 4 nitrogen and oxygen atoms in total. The van der Waals surface area contributed by atoms with Crippen molar-refractivity contribution in [1.29, 1.82) is 0 Å². The topological polar surface area (TPSA) is 55.9 Å². The molecule has 3 rings (SSSR count). The van der Waals surface area contributed by atoms with Crippen molar-refractivity contribution in [3.8, 4) is 0 Å². The SMILES string of the molecule is Cn1ncc(Cl)c1C(CC1CC2CCC1C2)NN. The Bertz CT molecular complexity index is 411. The zero-order valence-corrected chi connectivity index (χ0v) is 11.5. The summed E-state index contributed by atoms with van der Waals surface area (Å²) in [6, 6.07) is 0.120. The highest BCUT2D eigenvalue weighted by atomic mass is 35.5. The maximum absolute atomic E-state index is 6.20. The average molecular weight is 269 g/mol. The zero-order chi connectivity index (χ0) is 12.7. The van der Waals surface area contributed by atoms with Gasteiger partial charge in [-0.1, -0.05) is 18.0 Å². The van der Waals surface area contributed by atoms with Crippen molar-refractivity contribution in [1.82, 2.24) is 15.2 Å². The molecule has 2 saturated carbocycles. The molecule has 0 saturated heterocycles. The van der Waals surface area contributed by atoms with E-state index in [0.29, 0.717) is 5.02 Å². The number of aryl methyl sites for hydroxylation is 1. The molecule has 2 bridgehead atoms. The molecular weight excluding hydrogens is 248 g/mol. The van der Waals surface area contributed by atoms with Crippen LogP contribution in [0.3, 0.4) is 0 Å². The second-order valence-electron chi connectivity index (χ2n) is 5.89. The summed E-state index contributed by atoms with van der Waals surface area (Å²) in [7, 11) is 1.92. The van der Waals surface area contributed by atoms with Gasteiger partial charge in [-0.2, -0.15) is 5.10 Å². The van der Waals surface area contributed by atoms with Gasteiger partial charge in [0.2, 0.25) is 0 Å². The Kier molecular flexibility index (Phi) is 3.34. The highest BCUT2D eigenvalue weighted by molar-refractivity contribution is 6.31. The van der Waals surface area contributed by atoms with Crippen LogP contribution >= 0.6 is 11.6 Å². The van der Waals surface area contributed by atoms with Gasteiger partial charge in [-0.05, 0) is 43.4 Å². The molecule has 0 aromatic carbocycles. The first-order valence-electron chi connectivity index (χ1n) is 6.82. The molecule has 4 atom stereocenters. The molecule has 0 amide bonds. The van der Waals surface area contributed by atoms with Gasteiger partial charge in [0.05, 0.1) is 23.0 Å². The number of hydrogen-bond acceptors (Lipinski definition) is 3. The number of nitrogens with zero attached hydrogens (tertiary/aromatic N) is 2. The summed E-state index contributed by atoms with van der Waals surface area (Å²) >= 11 is 6.20. The Morgan fingerprint density at radius 1 is 1.56 bits per heavy atom. The van der Waals surface area contributed by atoms with Crippen LogP contribution in [0.4, 0.5) is 0 Å². The van der Waals surface area contributed by atoms with Crippen LogP contribution in [0.2, 0.25) is 5.02 Å². The number of hydrogen-bond donors (Lipinski definition) is 2. The third-order valence-corrected chi connectivity index (χ3v) is 5.18. The number of aromatic nitrogens is 2. The first-order valence-corrected chi connectivity index (χ1v) is 7.20. The Morgan fingerprint density at radius 2 is 2.39 bits per heavy atom. The second kappa shape index (κ2) is 4.83. The van der Waals surface area contributed by atoms with Crippen LogP contribution in [0.15, 0.2) is 6.20 Å². The van der Waals surface area contributed by atoms with E-state index in [9.17, 15) is 0 Å². The minimum absolute atomic E-state index is 0.120. The van der Waals surface area contributed by atoms with Crippen LogP contribution in [0.5, 0.6) is 0 Å². The summed E-state index contributed by atoms with van der Waals surface area (Å²) in [6.45, 7) is 0. The van der Waals surface area contributed by atoms with E-state index in [1.54, 1.807) is 6.20 Å². The molecule has 0 aliphatic heterocycles. The van der Waals surface area contributed by atoms with Gasteiger partial charge < -0.3 is 0 Å². The lowest BCUT2D eigenvalue weighted by molar-refractivity contribution is 0.275. The fourth-order valence-corrected chi connectivity index (χ4v) is 4.34. The smallest absolute Gasteiger partial charge is 0.0834 e. The van der Waals surface area contributed by atoms with E-state index in [-0.39, 0.29) is 6.04 Å². The van der Waals surface area contributed by atoms with Gasteiger partial charge in [0.1, 0.15) is 0 Å². The molecule has 1 aromatic rings. The van der Waals surface area contributed by atoms with Crippen LogP contribution in [-0.2, 0) is 7.05 Å². The van der Waals surface area contributed by atoms with E-state index in [1.807, 2.05) is 11.7 Å². The van der Waals surface area contributed by atoms with Gasteiger partial charge in [0.25, 0.3) is 0 Å². The molecule has 5 heteroatoms. The first-order chi connectivity index (χ1) is 8.69. The van der Waals surface area contributed by atoms with Gasteiger partial charge in [0, 0.05) is 7.05 Å². The molecule has 2 aliphatic rings. The van der Waals surface area contributed by atoms with Gasteiger partial charge in [-0.15, -0.1) is 0 Å². The van der Waals surface area contributed by atoms with Crippen LogP contribution in [0.25, 0.3) is 0 Å². The molecule has 2 fully saturated rings. The predicted octanol–water partition coefficient (Wildman–Crippen LogP) is 2.40. The molecule has 1 heterocycles. The largest absolute Gasteiger partial charge is 0.271 e. The molecule has 2 aliphatic carbocycles. The Labute approximate surface area is 113 Å². The predicted molar refractivity (Wildman–Crippen MR) is 71.8 cm³/mol. The molecule has 18 heavy (non-hydrogen) atoms. The van der Waals surface area contributed by atoms with E-state index in [2.05, 4.69) is 10.5 Å². The van der Waals surface area contributed by atoms with Crippen LogP contribution in [0, 0.1) is 17.8 Å². The van der Waals surface area contributed by atoms with Gasteiger partial charge in [-0.25, -0.2) is 0 Å².